The molecule has 104 valence electrons. The first-order valence-electron chi connectivity index (χ1n) is 6.53. The van der Waals surface area contributed by atoms with Crippen LogP contribution in [0.3, 0.4) is 0 Å². The summed E-state index contributed by atoms with van der Waals surface area (Å²) in [7, 11) is 0. The van der Waals surface area contributed by atoms with Crippen molar-refractivity contribution < 1.29 is 9.59 Å². The standard InChI is InChI=1S/C12H21N3O2.ClH/c16-11(15-8-6-13-7-9-15)2-1-5-14-12(17)10-3-4-10;/h10,13H,1-9H2,(H,14,17);1H. The van der Waals surface area contributed by atoms with E-state index in [1.54, 1.807) is 0 Å². The van der Waals surface area contributed by atoms with Crippen molar-refractivity contribution in [2.24, 2.45) is 5.92 Å². The second kappa shape index (κ2) is 7.59. The molecular formula is C12H22ClN3O2. The van der Waals surface area contributed by atoms with Gasteiger partial charge >= 0.3 is 0 Å². The molecule has 1 heterocycles. The van der Waals surface area contributed by atoms with Crippen LogP contribution < -0.4 is 10.6 Å². The van der Waals surface area contributed by atoms with Crippen LogP contribution in [0.25, 0.3) is 0 Å². The molecule has 0 atom stereocenters. The fraction of sp³-hybridized carbons (Fsp3) is 0.833. The number of hydrogen-bond acceptors (Lipinski definition) is 3. The summed E-state index contributed by atoms with van der Waals surface area (Å²) in [5.74, 6) is 0.644. The van der Waals surface area contributed by atoms with Crippen molar-refractivity contribution in [3.63, 3.8) is 0 Å². The zero-order valence-corrected chi connectivity index (χ0v) is 11.4. The number of nitrogens with zero attached hydrogens (tertiary/aromatic N) is 1. The normalized spacial score (nSPS) is 19.0. The molecule has 2 amide bonds. The predicted molar refractivity (Wildman–Crippen MR) is 71.7 cm³/mol. The van der Waals surface area contributed by atoms with Crippen molar-refractivity contribution >= 4 is 24.2 Å². The monoisotopic (exact) mass is 275 g/mol. The lowest BCUT2D eigenvalue weighted by molar-refractivity contribution is -0.132. The molecule has 2 N–H and O–H groups in total. The Morgan fingerprint density at radius 3 is 2.50 bits per heavy atom. The zero-order valence-electron chi connectivity index (χ0n) is 10.6. The molecule has 1 aliphatic carbocycles. The highest BCUT2D eigenvalue weighted by Crippen LogP contribution is 2.28. The quantitative estimate of drug-likeness (QED) is 0.702. The minimum Gasteiger partial charge on any atom is -0.356 e. The Bertz CT molecular complexity index is 289. The fourth-order valence-electron chi connectivity index (χ4n) is 2.01. The third-order valence-corrected chi connectivity index (χ3v) is 3.28. The van der Waals surface area contributed by atoms with E-state index in [9.17, 15) is 9.59 Å². The largest absolute Gasteiger partial charge is 0.356 e. The number of rotatable bonds is 5. The van der Waals surface area contributed by atoms with Gasteiger partial charge in [0, 0.05) is 45.1 Å². The topological polar surface area (TPSA) is 61.4 Å². The van der Waals surface area contributed by atoms with E-state index in [1.807, 2.05) is 4.90 Å². The van der Waals surface area contributed by atoms with E-state index < -0.39 is 0 Å². The average molecular weight is 276 g/mol. The van der Waals surface area contributed by atoms with Gasteiger partial charge in [0.05, 0.1) is 0 Å². The Hall–Kier alpha value is -0.810. The van der Waals surface area contributed by atoms with Gasteiger partial charge in [-0.15, -0.1) is 12.4 Å². The molecule has 1 saturated carbocycles. The zero-order chi connectivity index (χ0) is 12.1. The van der Waals surface area contributed by atoms with Crippen LogP contribution in [0.1, 0.15) is 25.7 Å². The molecule has 0 radical (unpaired) electrons. The molecule has 1 aliphatic heterocycles. The van der Waals surface area contributed by atoms with Gasteiger partial charge in [0.15, 0.2) is 0 Å². The molecule has 0 bridgehead atoms. The summed E-state index contributed by atoms with van der Waals surface area (Å²) in [6, 6.07) is 0. The highest BCUT2D eigenvalue weighted by atomic mass is 35.5. The molecule has 0 aromatic carbocycles. The second-order valence-corrected chi connectivity index (χ2v) is 4.80. The van der Waals surface area contributed by atoms with Gasteiger partial charge in [0.1, 0.15) is 0 Å². The van der Waals surface area contributed by atoms with E-state index in [4.69, 9.17) is 0 Å². The molecule has 0 spiro atoms. The van der Waals surface area contributed by atoms with Gasteiger partial charge in [-0.25, -0.2) is 0 Å². The van der Waals surface area contributed by atoms with Crippen LogP contribution in [0, 0.1) is 5.92 Å². The van der Waals surface area contributed by atoms with Crippen molar-refractivity contribution in [2.45, 2.75) is 25.7 Å². The summed E-state index contributed by atoms with van der Waals surface area (Å²) in [5, 5.41) is 6.10. The minimum absolute atomic E-state index is 0. The van der Waals surface area contributed by atoms with Crippen molar-refractivity contribution in [3.8, 4) is 0 Å². The van der Waals surface area contributed by atoms with Gasteiger partial charge in [-0.3, -0.25) is 9.59 Å². The van der Waals surface area contributed by atoms with Crippen LogP contribution in [-0.2, 0) is 9.59 Å². The van der Waals surface area contributed by atoms with Crippen molar-refractivity contribution in [1.29, 1.82) is 0 Å². The number of hydrogen-bond donors (Lipinski definition) is 2. The highest BCUT2D eigenvalue weighted by molar-refractivity contribution is 5.85. The molecule has 0 aromatic rings. The molecule has 1 saturated heterocycles. The maximum Gasteiger partial charge on any atom is 0.223 e. The fourth-order valence-corrected chi connectivity index (χ4v) is 2.01. The Morgan fingerprint density at radius 2 is 1.89 bits per heavy atom. The molecule has 2 fully saturated rings. The number of halogens is 1. The van der Waals surface area contributed by atoms with E-state index in [1.165, 1.54) is 0 Å². The van der Waals surface area contributed by atoms with E-state index in [-0.39, 0.29) is 30.1 Å². The van der Waals surface area contributed by atoms with Crippen LogP contribution in [0.5, 0.6) is 0 Å². The number of amides is 2. The van der Waals surface area contributed by atoms with Gasteiger partial charge in [-0.1, -0.05) is 0 Å². The summed E-state index contributed by atoms with van der Waals surface area (Å²) in [4.78, 5) is 25.0. The molecule has 2 aliphatic rings. The lowest BCUT2D eigenvalue weighted by Gasteiger charge is -2.27. The number of piperazine rings is 1. The Kier molecular flexibility index (Phi) is 6.43. The Labute approximate surface area is 114 Å². The average Bonchev–Trinajstić information content (AvgIpc) is 3.19. The first kappa shape index (κ1) is 15.2. The lowest BCUT2D eigenvalue weighted by atomic mass is 10.2. The van der Waals surface area contributed by atoms with Gasteiger partial charge < -0.3 is 15.5 Å². The molecule has 0 aromatic heterocycles. The molecular weight excluding hydrogens is 254 g/mol. The van der Waals surface area contributed by atoms with E-state index in [2.05, 4.69) is 10.6 Å². The van der Waals surface area contributed by atoms with Crippen molar-refractivity contribution in [3.05, 3.63) is 0 Å². The van der Waals surface area contributed by atoms with Crippen molar-refractivity contribution in [1.82, 2.24) is 15.5 Å². The maximum atomic E-state index is 11.8. The summed E-state index contributed by atoms with van der Waals surface area (Å²) in [5.41, 5.74) is 0. The predicted octanol–water partition coefficient (Wildman–Crippen LogP) is 0.146. The summed E-state index contributed by atoms with van der Waals surface area (Å²) in [6.07, 6.45) is 3.36. The van der Waals surface area contributed by atoms with Gasteiger partial charge in [0.25, 0.3) is 0 Å². The Balaban J connectivity index is 0.00000162. The molecule has 2 rings (SSSR count). The first-order chi connectivity index (χ1) is 8.27. The summed E-state index contributed by atoms with van der Waals surface area (Å²) in [6.45, 7) is 4.04. The number of carbonyl (C=O) groups is 2. The van der Waals surface area contributed by atoms with Crippen LogP contribution in [0.15, 0.2) is 0 Å². The van der Waals surface area contributed by atoms with Crippen LogP contribution in [0.4, 0.5) is 0 Å². The highest BCUT2D eigenvalue weighted by Gasteiger charge is 2.29. The SMILES string of the molecule is Cl.O=C(NCCCC(=O)N1CCNCC1)C1CC1. The van der Waals surface area contributed by atoms with Gasteiger partial charge in [-0.05, 0) is 19.3 Å². The molecule has 0 unspecified atom stereocenters. The Morgan fingerprint density at radius 1 is 1.22 bits per heavy atom. The maximum absolute atomic E-state index is 11.8. The molecule has 6 heteroatoms. The lowest BCUT2D eigenvalue weighted by Crippen LogP contribution is -2.46. The van der Waals surface area contributed by atoms with Gasteiger partial charge in [-0.2, -0.15) is 0 Å². The molecule has 5 nitrogen and oxygen atoms in total. The first-order valence-corrected chi connectivity index (χ1v) is 6.53. The minimum atomic E-state index is 0. The smallest absolute Gasteiger partial charge is 0.223 e. The number of nitrogens with one attached hydrogen (secondary N) is 2. The van der Waals surface area contributed by atoms with Crippen LogP contribution in [0.2, 0.25) is 0 Å². The third kappa shape index (κ3) is 4.82. The van der Waals surface area contributed by atoms with E-state index >= 15 is 0 Å². The number of carbonyl (C=O) groups excluding carboxylic acids is 2. The van der Waals surface area contributed by atoms with E-state index in [0.29, 0.717) is 13.0 Å². The van der Waals surface area contributed by atoms with Crippen molar-refractivity contribution in [2.75, 3.05) is 32.7 Å². The van der Waals surface area contributed by atoms with E-state index in [0.717, 1.165) is 45.4 Å². The third-order valence-electron chi connectivity index (χ3n) is 3.28. The van der Waals surface area contributed by atoms with Crippen LogP contribution >= 0.6 is 12.4 Å². The molecule has 18 heavy (non-hydrogen) atoms. The summed E-state index contributed by atoms with van der Waals surface area (Å²) < 4.78 is 0. The van der Waals surface area contributed by atoms with Crippen LogP contribution in [-0.4, -0.2) is 49.4 Å². The second-order valence-electron chi connectivity index (χ2n) is 4.80. The summed E-state index contributed by atoms with van der Waals surface area (Å²) >= 11 is 0. The van der Waals surface area contributed by atoms with Gasteiger partial charge in [0.2, 0.25) is 11.8 Å².